The van der Waals surface area contributed by atoms with E-state index in [2.05, 4.69) is 0 Å². The number of ketones is 1. The highest BCUT2D eigenvalue weighted by molar-refractivity contribution is 6.51. The maximum Gasteiger partial charge on any atom is 0.300 e. The maximum atomic E-state index is 13.2. The third-order valence-electron chi connectivity index (χ3n) is 5.48. The van der Waals surface area contributed by atoms with Gasteiger partial charge in [0.05, 0.1) is 24.5 Å². The molecule has 31 heavy (non-hydrogen) atoms. The predicted molar refractivity (Wildman–Crippen MR) is 117 cm³/mol. The van der Waals surface area contributed by atoms with Crippen molar-refractivity contribution in [3.8, 4) is 5.75 Å². The number of aryl methyl sites for hydroxylation is 3. The van der Waals surface area contributed by atoms with Crippen LogP contribution in [0.2, 0.25) is 0 Å². The molecule has 1 atom stereocenters. The van der Waals surface area contributed by atoms with Gasteiger partial charge in [0.1, 0.15) is 23.3 Å². The fourth-order valence-electron chi connectivity index (χ4n) is 4.02. The van der Waals surface area contributed by atoms with Gasteiger partial charge in [0.15, 0.2) is 0 Å². The molecule has 1 aromatic heterocycles. The Balaban J connectivity index is 1.98. The molecule has 1 unspecified atom stereocenters. The van der Waals surface area contributed by atoms with Crippen molar-refractivity contribution in [2.45, 2.75) is 26.8 Å². The first-order valence-electron chi connectivity index (χ1n) is 9.90. The lowest BCUT2D eigenvalue weighted by Crippen LogP contribution is -2.30. The molecular formula is C25H23NO5. The van der Waals surface area contributed by atoms with Crippen molar-refractivity contribution < 1.29 is 23.8 Å². The second-order valence-corrected chi connectivity index (χ2v) is 7.68. The van der Waals surface area contributed by atoms with Crippen LogP contribution in [0.3, 0.4) is 0 Å². The molecule has 0 aliphatic carbocycles. The summed E-state index contributed by atoms with van der Waals surface area (Å²) in [5.74, 6) is -1.01. The lowest BCUT2D eigenvalue weighted by molar-refractivity contribution is -0.132. The van der Waals surface area contributed by atoms with Crippen molar-refractivity contribution in [2.75, 3.05) is 12.0 Å². The number of anilines is 1. The van der Waals surface area contributed by atoms with Crippen molar-refractivity contribution in [2.24, 2.45) is 0 Å². The van der Waals surface area contributed by atoms with E-state index in [-0.39, 0.29) is 11.3 Å². The summed E-state index contributed by atoms with van der Waals surface area (Å²) in [5, 5.41) is 11.3. The molecule has 0 radical (unpaired) electrons. The normalized spacial score (nSPS) is 17.9. The highest BCUT2D eigenvalue weighted by Gasteiger charge is 2.48. The average Bonchev–Trinajstić information content (AvgIpc) is 3.35. The summed E-state index contributed by atoms with van der Waals surface area (Å²) in [6.07, 6.45) is 1.48. The van der Waals surface area contributed by atoms with E-state index in [4.69, 9.17) is 9.15 Å². The number of aliphatic hydroxyl groups excluding tert-OH is 1. The molecular weight excluding hydrogens is 394 g/mol. The molecule has 2 aromatic carbocycles. The minimum absolute atomic E-state index is 0.0381. The summed E-state index contributed by atoms with van der Waals surface area (Å²) in [4.78, 5) is 27.7. The fraction of sp³-hybridized carbons (Fsp3) is 0.200. The first-order valence-corrected chi connectivity index (χ1v) is 9.90. The van der Waals surface area contributed by atoms with E-state index in [9.17, 15) is 14.7 Å². The Kier molecular flexibility index (Phi) is 5.15. The molecule has 4 rings (SSSR count). The lowest BCUT2D eigenvalue weighted by atomic mass is 9.97. The monoisotopic (exact) mass is 417 g/mol. The van der Waals surface area contributed by atoms with Gasteiger partial charge in [-0.15, -0.1) is 0 Å². The number of ether oxygens (including phenoxy) is 1. The van der Waals surface area contributed by atoms with E-state index in [1.165, 1.54) is 18.3 Å². The molecule has 1 saturated heterocycles. The van der Waals surface area contributed by atoms with E-state index in [1.54, 1.807) is 30.3 Å². The number of rotatable bonds is 4. The van der Waals surface area contributed by atoms with Gasteiger partial charge in [-0.25, -0.2) is 0 Å². The van der Waals surface area contributed by atoms with Crippen LogP contribution in [0.25, 0.3) is 5.76 Å². The van der Waals surface area contributed by atoms with E-state index in [1.807, 2.05) is 39.0 Å². The average molecular weight is 417 g/mol. The zero-order chi connectivity index (χ0) is 22.3. The largest absolute Gasteiger partial charge is 0.507 e. The lowest BCUT2D eigenvalue weighted by Gasteiger charge is -2.25. The molecule has 0 bridgehead atoms. The van der Waals surface area contributed by atoms with Gasteiger partial charge in [-0.3, -0.25) is 14.5 Å². The first-order chi connectivity index (χ1) is 14.8. The van der Waals surface area contributed by atoms with Crippen LogP contribution >= 0.6 is 0 Å². The quantitative estimate of drug-likeness (QED) is 0.373. The van der Waals surface area contributed by atoms with Crippen molar-refractivity contribution in [1.29, 1.82) is 0 Å². The van der Waals surface area contributed by atoms with Gasteiger partial charge in [-0.2, -0.15) is 0 Å². The maximum absolute atomic E-state index is 13.2. The molecule has 1 aliphatic heterocycles. The number of methoxy groups -OCH3 is 1. The van der Waals surface area contributed by atoms with Gasteiger partial charge >= 0.3 is 0 Å². The van der Waals surface area contributed by atoms with Crippen LogP contribution in [0.15, 0.2) is 64.8 Å². The molecule has 2 heterocycles. The SMILES string of the molecule is COc1ccc(C)cc1/C(O)=C1/C(=O)C(=O)N(c2ccc(C)cc2C)C1c1ccco1. The van der Waals surface area contributed by atoms with Crippen LogP contribution < -0.4 is 9.64 Å². The highest BCUT2D eigenvalue weighted by atomic mass is 16.5. The Hall–Kier alpha value is -3.80. The molecule has 0 saturated carbocycles. The van der Waals surface area contributed by atoms with E-state index < -0.39 is 17.7 Å². The number of Topliss-reactive ketones (excluding diaryl/α,β-unsaturated/α-hetero) is 1. The molecule has 1 aliphatic rings. The smallest absolute Gasteiger partial charge is 0.300 e. The van der Waals surface area contributed by atoms with Crippen LogP contribution in [0.4, 0.5) is 5.69 Å². The minimum Gasteiger partial charge on any atom is -0.507 e. The van der Waals surface area contributed by atoms with E-state index >= 15 is 0 Å². The molecule has 3 aromatic rings. The summed E-state index contributed by atoms with van der Waals surface area (Å²) >= 11 is 0. The van der Waals surface area contributed by atoms with Crippen molar-refractivity contribution in [3.05, 3.63) is 88.4 Å². The number of hydrogen-bond acceptors (Lipinski definition) is 5. The Morgan fingerprint density at radius 1 is 1.03 bits per heavy atom. The van der Waals surface area contributed by atoms with E-state index in [0.29, 0.717) is 22.8 Å². The Morgan fingerprint density at radius 2 is 1.74 bits per heavy atom. The highest BCUT2D eigenvalue weighted by Crippen LogP contribution is 2.44. The van der Waals surface area contributed by atoms with Gasteiger partial charge in [0, 0.05) is 5.69 Å². The Morgan fingerprint density at radius 3 is 2.39 bits per heavy atom. The third-order valence-corrected chi connectivity index (χ3v) is 5.48. The number of hydrogen-bond donors (Lipinski definition) is 1. The van der Waals surface area contributed by atoms with Crippen LogP contribution in [0, 0.1) is 20.8 Å². The van der Waals surface area contributed by atoms with Crippen LogP contribution in [-0.4, -0.2) is 23.9 Å². The number of carbonyl (C=O) groups is 2. The first kappa shape index (κ1) is 20.5. The Labute approximate surface area is 180 Å². The number of aliphatic hydroxyl groups is 1. The third kappa shape index (κ3) is 3.40. The van der Waals surface area contributed by atoms with Crippen LogP contribution in [0.5, 0.6) is 5.75 Å². The number of furan rings is 1. The van der Waals surface area contributed by atoms with Gasteiger partial charge < -0.3 is 14.3 Å². The van der Waals surface area contributed by atoms with Crippen molar-refractivity contribution in [3.63, 3.8) is 0 Å². The molecule has 1 N–H and O–H groups in total. The zero-order valence-electron chi connectivity index (χ0n) is 17.8. The van der Waals surface area contributed by atoms with Gasteiger partial charge in [0.25, 0.3) is 11.7 Å². The molecule has 6 nitrogen and oxygen atoms in total. The number of amides is 1. The second kappa shape index (κ2) is 7.80. The summed E-state index contributed by atoms with van der Waals surface area (Å²) in [6, 6.07) is 13.4. The molecule has 1 amide bonds. The number of benzene rings is 2. The van der Waals surface area contributed by atoms with Gasteiger partial charge in [0.2, 0.25) is 0 Å². The predicted octanol–water partition coefficient (Wildman–Crippen LogP) is 4.84. The standard InChI is InChI=1S/C25H23NO5/c1-14-7-9-18(16(3)12-14)26-22(20-6-5-11-31-20)21(24(28)25(26)29)23(27)17-13-15(2)8-10-19(17)30-4/h5-13,22,27H,1-4H3/b23-21-. The summed E-state index contributed by atoms with van der Waals surface area (Å²) in [7, 11) is 1.49. The molecule has 1 fully saturated rings. The van der Waals surface area contributed by atoms with Gasteiger partial charge in [-0.05, 0) is 56.7 Å². The molecule has 0 spiro atoms. The second-order valence-electron chi connectivity index (χ2n) is 7.68. The molecule has 158 valence electrons. The van der Waals surface area contributed by atoms with Crippen LogP contribution in [-0.2, 0) is 9.59 Å². The fourth-order valence-corrected chi connectivity index (χ4v) is 4.02. The van der Waals surface area contributed by atoms with Gasteiger partial charge in [-0.1, -0.05) is 29.3 Å². The van der Waals surface area contributed by atoms with Crippen LogP contribution in [0.1, 0.15) is 34.1 Å². The number of carbonyl (C=O) groups excluding carboxylic acids is 2. The summed E-state index contributed by atoms with van der Waals surface area (Å²) in [5.41, 5.74) is 3.65. The Bertz CT molecular complexity index is 1210. The zero-order valence-corrected chi connectivity index (χ0v) is 17.8. The topological polar surface area (TPSA) is 80.0 Å². The molecule has 6 heteroatoms. The van der Waals surface area contributed by atoms with Crippen molar-refractivity contribution >= 4 is 23.1 Å². The number of nitrogens with zero attached hydrogens (tertiary/aromatic N) is 1. The van der Waals surface area contributed by atoms with E-state index in [0.717, 1.165) is 16.7 Å². The minimum atomic E-state index is -0.901. The summed E-state index contributed by atoms with van der Waals surface area (Å²) in [6.45, 7) is 5.71. The summed E-state index contributed by atoms with van der Waals surface area (Å²) < 4.78 is 11.0. The van der Waals surface area contributed by atoms with Crippen molar-refractivity contribution in [1.82, 2.24) is 0 Å².